The van der Waals surface area contributed by atoms with Crippen LogP contribution >= 0.6 is 11.8 Å². The van der Waals surface area contributed by atoms with E-state index in [2.05, 4.69) is 6.92 Å². The minimum Gasteiger partial charge on any atom is -0.467 e. The quantitative estimate of drug-likeness (QED) is 0.317. The molecule has 0 aliphatic carbocycles. The molecular weight excluding hydrogens is 432 g/mol. The van der Waals surface area contributed by atoms with Crippen LogP contribution in [-0.4, -0.2) is 23.4 Å². The Labute approximate surface area is 194 Å². The van der Waals surface area contributed by atoms with Gasteiger partial charge in [-0.25, -0.2) is 13.6 Å². The zero-order valence-electron chi connectivity index (χ0n) is 18.7. The fourth-order valence-corrected chi connectivity index (χ4v) is 5.05. The van der Waals surface area contributed by atoms with E-state index in [4.69, 9.17) is 4.74 Å². The molecule has 0 bridgehead atoms. The zero-order chi connectivity index (χ0) is 23.0. The van der Waals surface area contributed by atoms with Gasteiger partial charge in [-0.1, -0.05) is 59.9 Å². The SMILES string of the molecule is C.CC.CCCCCCCc1cc(=O)n2c(c1-c1ccc(F)c(F)c1)SC[C@H]2C(=O)OC. The number of nitrogens with zero attached hydrogens (tertiary/aromatic N) is 1. The molecule has 4 nitrogen and oxygen atoms in total. The van der Waals surface area contributed by atoms with Crippen LogP contribution in [0.25, 0.3) is 11.1 Å². The topological polar surface area (TPSA) is 48.3 Å². The number of fused-ring (bicyclic) bond motifs is 1. The Kier molecular flexibility index (Phi) is 11.7. The van der Waals surface area contributed by atoms with E-state index in [0.717, 1.165) is 43.4 Å². The van der Waals surface area contributed by atoms with Crippen LogP contribution in [0.2, 0.25) is 0 Å². The lowest BCUT2D eigenvalue weighted by atomic mass is 9.96. The number of ether oxygens (including phenoxy) is 1. The van der Waals surface area contributed by atoms with Crippen LogP contribution in [0.15, 0.2) is 34.1 Å². The van der Waals surface area contributed by atoms with E-state index in [1.54, 1.807) is 0 Å². The van der Waals surface area contributed by atoms with Crippen LogP contribution in [0.1, 0.15) is 71.9 Å². The highest BCUT2D eigenvalue weighted by Crippen LogP contribution is 2.41. The first-order chi connectivity index (χ1) is 15.0. The maximum Gasteiger partial charge on any atom is 0.329 e. The molecule has 1 aliphatic rings. The number of methoxy groups -OCH3 is 1. The second-order valence-corrected chi connectivity index (χ2v) is 8.21. The van der Waals surface area contributed by atoms with E-state index >= 15 is 0 Å². The minimum atomic E-state index is -0.936. The van der Waals surface area contributed by atoms with Crippen LogP contribution in [-0.2, 0) is 16.0 Å². The Morgan fingerprint density at radius 3 is 2.44 bits per heavy atom. The fourth-order valence-electron chi connectivity index (χ4n) is 3.70. The summed E-state index contributed by atoms with van der Waals surface area (Å²) < 4.78 is 33.7. The zero-order valence-corrected chi connectivity index (χ0v) is 19.5. The number of esters is 1. The average Bonchev–Trinajstić information content (AvgIpc) is 3.22. The third kappa shape index (κ3) is 6.21. The molecule has 32 heavy (non-hydrogen) atoms. The molecule has 0 unspecified atom stereocenters. The molecule has 2 aromatic rings. The summed E-state index contributed by atoms with van der Waals surface area (Å²) in [5, 5.41) is 0.613. The first-order valence-electron chi connectivity index (χ1n) is 10.9. The van der Waals surface area contributed by atoms with Crippen LogP contribution in [0.3, 0.4) is 0 Å². The van der Waals surface area contributed by atoms with Gasteiger partial charge in [0.1, 0.15) is 6.04 Å². The Bertz CT molecular complexity index is 959. The number of halogens is 2. The smallest absolute Gasteiger partial charge is 0.329 e. The molecule has 1 aromatic heterocycles. The number of hydrogen-bond acceptors (Lipinski definition) is 4. The lowest BCUT2D eigenvalue weighted by molar-refractivity contribution is -0.143. The van der Waals surface area contributed by atoms with Gasteiger partial charge in [-0.15, -0.1) is 11.8 Å². The first kappa shape index (κ1) is 27.9. The van der Waals surface area contributed by atoms with E-state index in [1.165, 1.54) is 42.0 Å². The van der Waals surface area contributed by atoms with E-state index in [1.807, 2.05) is 13.8 Å². The van der Waals surface area contributed by atoms with Crippen molar-refractivity contribution in [1.82, 2.24) is 4.57 Å². The molecule has 0 radical (unpaired) electrons. The standard InChI is InChI=1S/C22H25F2NO3S.C2H6.CH4/c1-3-4-5-6-7-8-14-12-19(26)25-18(22(27)28-2)13-29-21(25)20(14)15-9-10-16(23)17(24)11-15;1-2;/h9-12,18H,3-8,13H2,1-2H3;1-2H3;1H4/t18-;;/m0../s1. The first-order valence-corrected chi connectivity index (χ1v) is 11.9. The molecule has 7 heteroatoms. The molecule has 0 fully saturated rings. The summed E-state index contributed by atoms with van der Waals surface area (Å²) in [7, 11) is 1.29. The number of hydrogen-bond donors (Lipinski definition) is 0. The second kappa shape index (κ2) is 13.4. The van der Waals surface area contributed by atoms with Gasteiger partial charge >= 0.3 is 5.97 Å². The number of thioether (sulfide) groups is 1. The minimum absolute atomic E-state index is 0. The number of carbonyl (C=O) groups excluding carboxylic acids is 1. The fraction of sp³-hybridized carbons (Fsp3) is 0.520. The molecule has 1 aromatic carbocycles. The molecule has 0 spiro atoms. The Morgan fingerprint density at radius 1 is 1.12 bits per heavy atom. The van der Waals surface area contributed by atoms with Gasteiger partial charge in [0.15, 0.2) is 11.6 Å². The number of aromatic nitrogens is 1. The van der Waals surface area contributed by atoms with Gasteiger partial charge in [-0.05, 0) is 36.1 Å². The summed E-state index contributed by atoms with van der Waals surface area (Å²) in [6.45, 7) is 6.15. The number of aryl methyl sites for hydroxylation is 1. The molecule has 0 amide bonds. The van der Waals surface area contributed by atoms with Crippen LogP contribution in [0, 0.1) is 11.6 Å². The molecule has 1 aliphatic heterocycles. The van der Waals surface area contributed by atoms with Gasteiger partial charge in [0.2, 0.25) is 0 Å². The number of carbonyl (C=O) groups is 1. The summed E-state index contributed by atoms with van der Waals surface area (Å²) in [6.07, 6.45) is 6.06. The van der Waals surface area contributed by atoms with E-state index in [0.29, 0.717) is 28.3 Å². The van der Waals surface area contributed by atoms with Crippen LogP contribution < -0.4 is 5.56 Å². The van der Waals surface area contributed by atoms with E-state index in [9.17, 15) is 18.4 Å². The van der Waals surface area contributed by atoms with Crippen molar-refractivity contribution in [3.05, 3.63) is 51.8 Å². The van der Waals surface area contributed by atoms with Gasteiger partial charge in [0.25, 0.3) is 5.56 Å². The van der Waals surface area contributed by atoms with Gasteiger partial charge < -0.3 is 4.74 Å². The van der Waals surface area contributed by atoms with Crippen molar-refractivity contribution in [3.63, 3.8) is 0 Å². The Hall–Kier alpha value is -2.15. The van der Waals surface area contributed by atoms with Crippen molar-refractivity contribution >= 4 is 17.7 Å². The maximum atomic E-state index is 14.0. The van der Waals surface area contributed by atoms with Crippen molar-refractivity contribution in [3.8, 4) is 11.1 Å². The van der Waals surface area contributed by atoms with Gasteiger partial charge in [-0.3, -0.25) is 9.36 Å². The molecular formula is C25H35F2NO3S. The van der Waals surface area contributed by atoms with Crippen molar-refractivity contribution < 1.29 is 18.3 Å². The van der Waals surface area contributed by atoms with Crippen molar-refractivity contribution in [1.29, 1.82) is 0 Å². The largest absolute Gasteiger partial charge is 0.467 e. The Morgan fingerprint density at radius 2 is 1.81 bits per heavy atom. The summed E-state index contributed by atoms with van der Waals surface area (Å²) in [6, 6.07) is 4.58. The van der Waals surface area contributed by atoms with Crippen LogP contribution in [0.4, 0.5) is 8.78 Å². The molecule has 0 saturated heterocycles. The third-order valence-electron chi connectivity index (χ3n) is 5.21. The number of benzene rings is 1. The summed E-state index contributed by atoms with van der Waals surface area (Å²) in [4.78, 5) is 24.9. The van der Waals surface area contributed by atoms with Crippen molar-refractivity contribution in [2.75, 3.05) is 12.9 Å². The molecule has 3 rings (SSSR count). The lowest BCUT2D eigenvalue weighted by Crippen LogP contribution is -2.30. The molecule has 0 saturated carbocycles. The highest BCUT2D eigenvalue weighted by Gasteiger charge is 2.34. The summed E-state index contributed by atoms with van der Waals surface area (Å²) in [5.74, 6) is -1.96. The highest BCUT2D eigenvalue weighted by atomic mass is 32.2. The second-order valence-electron chi connectivity index (χ2n) is 7.20. The predicted octanol–water partition coefficient (Wildman–Crippen LogP) is 6.79. The van der Waals surface area contributed by atoms with E-state index in [-0.39, 0.29) is 13.0 Å². The number of unbranched alkanes of at least 4 members (excludes halogenated alkanes) is 4. The monoisotopic (exact) mass is 467 g/mol. The van der Waals surface area contributed by atoms with Gasteiger partial charge in [-0.2, -0.15) is 0 Å². The number of pyridine rings is 1. The highest BCUT2D eigenvalue weighted by molar-refractivity contribution is 7.99. The molecule has 2 heterocycles. The van der Waals surface area contributed by atoms with Crippen LogP contribution in [0.5, 0.6) is 0 Å². The maximum absolute atomic E-state index is 14.0. The van der Waals surface area contributed by atoms with E-state index < -0.39 is 23.6 Å². The molecule has 178 valence electrons. The van der Waals surface area contributed by atoms with Gasteiger partial charge in [0.05, 0.1) is 12.1 Å². The third-order valence-corrected chi connectivity index (χ3v) is 6.37. The predicted molar refractivity (Wildman–Crippen MR) is 128 cm³/mol. The summed E-state index contributed by atoms with van der Waals surface area (Å²) >= 11 is 1.37. The molecule has 0 N–H and O–H groups in total. The number of rotatable bonds is 8. The average molecular weight is 468 g/mol. The van der Waals surface area contributed by atoms with Gasteiger partial charge in [0, 0.05) is 17.4 Å². The van der Waals surface area contributed by atoms with Crippen molar-refractivity contribution in [2.45, 2.75) is 77.8 Å². The summed E-state index contributed by atoms with van der Waals surface area (Å²) in [5.41, 5.74) is 1.75. The lowest BCUT2D eigenvalue weighted by Gasteiger charge is -2.17. The molecule has 1 atom stereocenters. The Balaban J connectivity index is 0.00000166. The van der Waals surface area contributed by atoms with Crippen molar-refractivity contribution in [2.24, 2.45) is 0 Å². The normalized spacial score (nSPS) is 14.1.